The molecule has 3 nitrogen and oxygen atoms in total. The quantitative estimate of drug-likeness (QED) is 0.841. The Hall–Kier alpha value is -0.870. The molecule has 0 heterocycles. The van der Waals surface area contributed by atoms with Crippen molar-refractivity contribution in [2.24, 2.45) is 0 Å². The van der Waals surface area contributed by atoms with Crippen LogP contribution in [0.5, 0.6) is 0 Å². The Balaban J connectivity index is 3.09. The van der Waals surface area contributed by atoms with Gasteiger partial charge in [-0.3, -0.25) is 0 Å². The molecule has 0 aliphatic carbocycles. The summed E-state index contributed by atoms with van der Waals surface area (Å²) < 4.78 is 24.8. The van der Waals surface area contributed by atoms with Gasteiger partial charge in [-0.15, -0.1) is 0 Å². The van der Waals surface area contributed by atoms with Crippen molar-refractivity contribution in [3.63, 3.8) is 0 Å². The zero-order valence-electron chi connectivity index (χ0n) is 13.2. The molecule has 2 unspecified atom stereocenters. The van der Waals surface area contributed by atoms with Crippen molar-refractivity contribution in [1.29, 1.82) is 0 Å². The number of benzene rings is 1. The van der Waals surface area contributed by atoms with Gasteiger partial charge in [0.05, 0.1) is 11.0 Å². The molecule has 1 N–H and O–H groups in total. The molecule has 4 heteroatoms. The van der Waals surface area contributed by atoms with E-state index >= 15 is 0 Å². The smallest absolute Gasteiger partial charge is 0.154 e. The SMILES string of the molecule is CCNC(CS(=O)(=O)C(C)CC)c1cc(C)ccc1C. The van der Waals surface area contributed by atoms with Crippen molar-refractivity contribution in [3.05, 3.63) is 34.9 Å². The summed E-state index contributed by atoms with van der Waals surface area (Å²) in [6.45, 7) is 10.6. The first-order valence-corrected chi connectivity index (χ1v) is 9.05. The first-order valence-electron chi connectivity index (χ1n) is 7.33. The maximum Gasteiger partial charge on any atom is 0.154 e. The number of hydrogen-bond donors (Lipinski definition) is 1. The zero-order chi connectivity index (χ0) is 15.3. The minimum atomic E-state index is -3.07. The van der Waals surface area contributed by atoms with Gasteiger partial charge in [-0.2, -0.15) is 0 Å². The van der Waals surface area contributed by atoms with E-state index in [2.05, 4.69) is 23.5 Å². The zero-order valence-corrected chi connectivity index (χ0v) is 14.0. The van der Waals surface area contributed by atoms with Crippen LogP contribution in [0.2, 0.25) is 0 Å². The molecule has 2 atom stereocenters. The molecule has 114 valence electrons. The molecular weight excluding hydrogens is 270 g/mol. The highest BCUT2D eigenvalue weighted by Crippen LogP contribution is 2.23. The van der Waals surface area contributed by atoms with E-state index < -0.39 is 9.84 Å². The van der Waals surface area contributed by atoms with Crippen LogP contribution in [-0.2, 0) is 9.84 Å². The minimum Gasteiger partial charge on any atom is -0.309 e. The van der Waals surface area contributed by atoms with Crippen molar-refractivity contribution in [2.75, 3.05) is 12.3 Å². The van der Waals surface area contributed by atoms with Gasteiger partial charge < -0.3 is 5.32 Å². The number of hydrogen-bond acceptors (Lipinski definition) is 3. The molecule has 0 fully saturated rings. The molecule has 0 saturated heterocycles. The molecule has 1 aromatic rings. The largest absolute Gasteiger partial charge is 0.309 e. The molecular formula is C16H27NO2S. The number of nitrogens with one attached hydrogen (secondary N) is 1. The van der Waals surface area contributed by atoms with E-state index in [1.807, 2.05) is 27.7 Å². The second-order valence-electron chi connectivity index (χ2n) is 5.52. The lowest BCUT2D eigenvalue weighted by molar-refractivity contribution is 0.547. The van der Waals surface area contributed by atoms with Gasteiger partial charge in [-0.1, -0.05) is 37.6 Å². The van der Waals surface area contributed by atoms with Crippen LogP contribution in [-0.4, -0.2) is 26.0 Å². The Morgan fingerprint density at radius 1 is 1.20 bits per heavy atom. The van der Waals surface area contributed by atoms with Crippen LogP contribution in [0.3, 0.4) is 0 Å². The summed E-state index contributed by atoms with van der Waals surface area (Å²) in [5, 5.41) is 3.04. The first-order chi connectivity index (χ1) is 9.31. The van der Waals surface area contributed by atoms with Crippen molar-refractivity contribution < 1.29 is 8.42 Å². The van der Waals surface area contributed by atoms with E-state index in [9.17, 15) is 8.42 Å². The fraction of sp³-hybridized carbons (Fsp3) is 0.625. The Kier molecular flexibility index (Phi) is 6.21. The highest BCUT2D eigenvalue weighted by atomic mass is 32.2. The summed E-state index contributed by atoms with van der Waals surface area (Å²) in [5.74, 6) is 0.167. The van der Waals surface area contributed by atoms with Gasteiger partial charge >= 0.3 is 0 Å². The van der Waals surface area contributed by atoms with Crippen molar-refractivity contribution in [2.45, 2.75) is 52.3 Å². The Morgan fingerprint density at radius 2 is 1.85 bits per heavy atom. The first kappa shape index (κ1) is 17.2. The minimum absolute atomic E-state index is 0.126. The third-order valence-corrected chi connectivity index (χ3v) is 6.21. The van der Waals surface area contributed by atoms with E-state index in [0.717, 1.165) is 23.2 Å². The summed E-state index contributed by atoms with van der Waals surface area (Å²) >= 11 is 0. The van der Waals surface area contributed by atoms with Gasteiger partial charge in [0.1, 0.15) is 0 Å². The fourth-order valence-electron chi connectivity index (χ4n) is 2.29. The highest BCUT2D eigenvalue weighted by molar-refractivity contribution is 7.92. The average molecular weight is 297 g/mol. The second-order valence-corrected chi connectivity index (χ2v) is 7.98. The number of aryl methyl sites for hydroxylation is 2. The Bertz CT molecular complexity index is 537. The van der Waals surface area contributed by atoms with Crippen LogP contribution in [0.25, 0.3) is 0 Å². The van der Waals surface area contributed by atoms with Crippen LogP contribution < -0.4 is 5.32 Å². The maximum atomic E-state index is 12.4. The molecule has 0 amide bonds. The van der Waals surface area contributed by atoms with E-state index in [1.54, 1.807) is 6.92 Å². The van der Waals surface area contributed by atoms with Crippen LogP contribution in [0.4, 0.5) is 0 Å². The average Bonchev–Trinajstić information content (AvgIpc) is 2.39. The molecule has 1 rings (SSSR count). The summed E-state index contributed by atoms with van der Waals surface area (Å²) in [4.78, 5) is 0. The van der Waals surface area contributed by atoms with Crippen LogP contribution >= 0.6 is 0 Å². The Labute approximate surface area is 123 Å². The second kappa shape index (κ2) is 7.23. The third kappa shape index (κ3) is 4.32. The predicted molar refractivity (Wildman–Crippen MR) is 85.9 cm³/mol. The number of sulfone groups is 1. The lowest BCUT2D eigenvalue weighted by atomic mass is 10.00. The molecule has 0 spiro atoms. The van der Waals surface area contributed by atoms with E-state index in [1.165, 1.54) is 0 Å². The van der Waals surface area contributed by atoms with Crippen molar-refractivity contribution in [1.82, 2.24) is 5.32 Å². The summed E-state index contributed by atoms with van der Waals surface area (Å²) in [6.07, 6.45) is 0.661. The molecule has 0 radical (unpaired) electrons. The molecule has 1 aromatic carbocycles. The highest BCUT2D eigenvalue weighted by Gasteiger charge is 2.25. The van der Waals surface area contributed by atoms with Gasteiger partial charge in [0.15, 0.2) is 9.84 Å². The van der Waals surface area contributed by atoms with Crippen molar-refractivity contribution in [3.8, 4) is 0 Å². The van der Waals surface area contributed by atoms with Gasteiger partial charge in [0.2, 0.25) is 0 Å². The monoisotopic (exact) mass is 297 g/mol. The van der Waals surface area contributed by atoms with E-state index in [0.29, 0.717) is 6.42 Å². The predicted octanol–water partition coefficient (Wildman–Crippen LogP) is 3.17. The topological polar surface area (TPSA) is 46.2 Å². The standard InChI is InChI=1S/C16H27NO2S/c1-6-14(5)20(18,19)11-16(17-7-2)15-10-12(3)8-9-13(15)4/h8-10,14,16-17H,6-7,11H2,1-5H3. The molecule has 0 saturated carbocycles. The lowest BCUT2D eigenvalue weighted by Crippen LogP contribution is -2.32. The van der Waals surface area contributed by atoms with Crippen LogP contribution in [0.15, 0.2) is 18.2 Å². The van der Waals surface area contributed by atoms with Crippen LogP contribution in [0.1, 0.15) is 49.9 Å². The summed E-state index contributed by atoms with van der Waals surface area (Å²) in [7, 11) is -3.07. The van der Waals surface area contributed by atoms with Crippen LogP contribution in [0, 0.1) is 13.8 Å². The third-order valence-electron chi connectivity index (χ3n) is 3.85. The maximum absolute atomic E-state index is 12.4. The molecule has 0 aromatic heterocycles. The van der Waals surface area contributed by atoms with Gasteiger partial charge in [-0.05, 0) is 44.9 Å². The summed E-state index contributed by atoms with van der Waals surface area (Å²) in [5.41, 5.74) is 3.40. The lowest BCUT2D eigenvalue weighted by Gasteiger charge is -2.22. The van der Waals surface area contributed by atoms with Gasteiger partial charge in [-0.25, -0.2) is 8.42 Å². The Morgan fingerprint density at radius 3 is 2.40 bits per heavy atom. The van der Waals surface area contributed by atoms with Gasteiger partial charge in [0.25, 0.3) is 0 Å². The van der Waals surface area contributed by atoms with E-state index in [4.69, 9.17) is 0 Å². The molecule has 0 aliphatic rings. The normalized spacial score (nSPS) is 15.1. The molecule has 20 heavy (non-hydrogen) atoms. The summed E-state index contributed by atoms with van der Waals surface area (Å²) in [6, 6.07) is 6.09. The number of rotatable bonds is 7. The van der Waals surface area contributed by atoms with Crippen molar-refractivity contribution >= 4 is 9.84 Å². The fourth-order valence-corrected chi connectivity index (χ4v) is 3.89. The van der Waals surface area contributed by atoms with Gasteiger partial charge in [0, 0.05) is 6.04 Å². The molecule has 0 bridgehead atoms. The molecule has 0 aliphatic heterocycles. The van der Waals surface area contributed by atoms with E-state index in [-0.39, 0.29) is 17.0 Å².